The molecule has 0 fully saturated rings. The molecule has 1 unspecified atom stereocenters. The first-order valence-corrected chi connectivity index (χ1v) is 5.23. The second-order valence-electron chi connectivity index (χ2n) is 3.37. The molecule has 0 aliphatic carbocycles. The van der Waals surface area contributed by atoms with E-state index in [1.165, 1.54) is 0 Å². The smallest absolute Gasteiger partial charge is 0.428 e. The molecule has 0 radical (unpaired) electrons. The van der Waals surface area contributed by atoms with Crippen molar-refractivity contribution in [1.29, 1.82) is 0 Å². The third-order valence-corrected chi connectivity index (χ3v) is 2.50. The van der Waals surface area contributed by atoms with Crippen molar-refractivity contribution in [2.75, 3.05) is 5.73 Å². The van der Waals surface area contributed by atoms with E-state index in [1.807, 2.05) is 0 Å². The summed E-state index contributed by atoms with van der Waals surface area (Å²) in [6.45, 7) is 0. The summed E-state index contributed by atoms with van der Waals surface area (Å²) in [5.41, 5.74) is 5.17. The molecule has 108 valence electrons. The highest BCUT2D eigenvalue weighted by molar-refractivity contribution is 6.36. The lowest BCUT2D eigenvalue weighted by atomic mass is 10.3. The third-order valence-electron chi connectivity index (χ3n) is 1.88. The Labute approximate surface area is 113 Å². The second-order valence-corrected chi connectivity index (χ2v) is 4.19. The molecule has 0 aromatic heterocycles. The van der Waals surface area contributed by atoms with E-state index in [4.69, 9.17) is 28.9 Å². The highest BCUT2D eigenvalue weighted by Gasteiger charge is 2.59. The minimum Gasteiger partial charge on any atom is -0.428 e. The van der Waals surface area contributed by atoms with Crippen molar-refractivity contribution >= 4 is 28.9 Å². The van der Waals surface area contributed by atoms with Crippen molar-refractivity contribution in [1.82, 2.24) is 0 Å². The third kappa shape index (κ3) is 3.73. The lowest BCUT2D eigenvalue weighted by molar-refractivity contribution is -0.304. The van der Waals surface area contributed by atoms with Gasteiger partial charge in [-0.05, 0) is 6.07 Å². The van der Waals surface area contributed by atoms with Gasteiger partial charge in [-0.2, -0.15) is 22.0 Å². The van der Waals surface area contributed by atoms with Crippen molar-refractivity contribution in [2.24, 2.45) is 0 Å². The Kier molecular flexibility index (Phi) is 4.36. The summed E-state index contributed by atoms with van der Waals surface area (Å²) in [5, 5.41) is -0.812. The summed E-state index contributed by atoms with van der Waals surface area (Å²) in [5.74, 6) is -0.919. The van der Waals surface area contributed by atoms with E-state index < -0.39 is 29.2 Å². The van der Waals surface area contributed by atoms with E-state index in [1.54, 1.807) is 0 Å². The quantitative estimate of drug-likeness (QED) is 0.657. The number of hydrogen-bond acceptors (Lipinski definition) is 2. The van der Waals surface area contributed by atoms with Crippen LogP contribution < -0.4 is 10.5 Å². The Morgan fingerprint density at radius 1 is 1.05 bits per heavy atom. The van der Waals surface area contributed by atoms with Crippen molar-refractivity contribution in [3.05, 3.63) is 22.2 Å². The number of benzene rings is 1. The number of ether oxygens (including phenoxy) is 1. The number of rotatable bonds is 3. The standard InChI is InChI=1S/C9H5Cl2F6NO/c10-3-2-6(4(11)1-5(3)18)19-9(16,17)7(12)8(13,14)15/h1-2,7H,18H2. The number of alkyl halides is 6. The van der Waals surface area contributed by atoms with Gasteiger partial charge in [0.15, 0.2) is 0 Å². The van der Waals surface area contributed by atoms with Crippen LogP contribution in [0.15, 0.2) is 12.1 Å². The van der Waals surface area contributed by atoms with E-state index in [2.05, 4.69) is 4.74 Å². The molecule has 0 spiro atoms. The van der Waals surface area contributed by atoms with Crippen molar-refractivity contribution in [3.63, 3.8) is 0 Å². The minimum atomic E-state index is -5.78. The predicted molar refractivity (Wildman–Crippen MR) is 57.4 cm³/mol. The molecule has 0 saturated carbocycles. The maximum atomic E-state index is 13.0. The van der Waals surface area contributed by atoms with Gasteiger partial charge < -0.3 is 10.5 Å². The zero-order chi connectivity index (χ0) is 15.0. The van der Waals surface area contributed by atoms with Crippen LogP contribution in [0.3, 0.4) is 0 Å². The Hall–Kier alpha value is -1.02. The number of nitrogens with two attached hydrogens (primary N) is 1. The molecule has 0 aliphatic rings. The lowest BCUT2D eigenvalue weighted by Gasteiger charge is -2.23. The van der Waals surface area contributed by atoms with Crippen LogP contribution >= 0.6 is 23.2 Å². The first-order chi connectivity index (χ1) is 8.45. The van der Waals surface area contributed by atoms with Gasteiger partial charge in [0.1, 0.15) is 5.75 Å². The lowest BCUT2D eigenvalue weighted by Crippen LogP contribution is -2.45. The average molecular weight is 328 g/mol. The normalized spacial score (nSPS) is 14.3. The van der Waals surface area contributed by atoms with Crippen LogP contribution in [0.25, 0.3) is 0 Å². The maximum absolute atomic E-state index is 13.0. The Bertz CT molecular complexity index is 479. The molecule has 0 amide bonds. The molecular formula is C9H5Cl2F6NO. The summed E-state index contributed by atoms with van der Waals surface area (Å²) in [4.78, 5) is 0. The molecular weight excluding hydrogens is 323 g/mol. The van der Waals surface area contributed by atoms with Gasteiger partial charge >= 0.3 is 12.3 Å². The molecule has 0 bridgehead atoms. The summed E-state index contributed by atoms with van der Waals surface area (Å²) >= 11 is 10.9. The Balaban J connectivity index is 3.05. The van der Waals surface area contributed by atoms with Crippen LogP contribution in [0.1, 0.15) is 0 Å². The number of hydrogen-bond donors (Lipinski definition) is 1. The molecule has 1 aromatic rings. The van der Waals surface area contributed by atoms with Crippen LogP contribution in [-0.4, -0.2) is 18.5 Å². The van der Waals surface area contributed by atoms with Crippen LogP contribution in [0.5, 0.6) is 5.75 Å². The highest BCUT2D eigenvalue weighted by atomic mass is 35.5. The van der Waals surface area contributed by atoms with E-state index >= 15 is 0 Å². The van der Waals surface area contributed by atoms with E-state index in [-0.39, 0.29) is 10.7 Å². The fraction of sp³-hybridized carbons (Fsp3) is 0.333. The van der Waals surface area contributed by atoms with Gasteiger partial charge in [-0.15, -0.1) is 0 Å². The van der Waals surface area contributed by atoms with Gasteiger partial charge in [0.2, 0.25) is 0 Å². The fourth-order valence-electron chi connectivity index (χ4n) is 1.01. The van der Waals surface area contributed by atoms with Crippen molar-refractivity contribution in [2.45, 2.75) is 18.5 Å². The molecule has 10 heteroatoms. The molecule has 2 nitrogen and oxygen atoms in total. The van der Waals surface area contributed by atoms with E-state index in [0.29, 0.717) is 6.07 Å². The number of halogens is 8. The molecule has 1 atom stereocenters. The highest BCUT2D eigenvalue weighted by Crippen LogP contribution is 2.40. The van der Waals surface area contributed by atoms with Crippen LogP contribution in [0, 0.1) is 0 Å². The molecule has 1 rings (SSSR count). The van der Waals surface area contributed by atoms with Crippen LogP contribution in [0.2, 0.25) is 10.0 Å². The van der Waals surface area contributed by atoms with Crippen LogP contribution in [-0.2, 0) is 0 Å². The van der Waals surface area contributed by atoms with E-state index in [0.717, 1.165) is 6.07 Å². The Morgan fingerprint density at radius 2 is 1.58 bits per heavy atom. The van der Waals surface area contributed by atoms with Gasteiger partial charge in [-0.3, -0.25) is 0 Å². The fourth-order valence-corrected chi connectivity index (χ4v) is 1.38. The summed E-state index contributed by atoms with van der Waals surface area (Å²) in [7, 11) is 0. The number of nitrogen functional groups attached to an aromatic ring is 1. The van der Waals surface area contributed by atoms with Crippen LogP contribution in [0.4, 0.5) is 32.0 Å². The minimum absolute atomic E-state index is 0.102. The largest absolute Gasteiger partial charge is 0.439 e. The zero-order valence-electron chi connectivity index (χ0n) is 8.74. The summed E-state index contributed by atoms with van der Waals surface area (Å²) in [6, 6.07) is 1.55. The average Bonchev–Trinajstić information content (AvgIpc) is 2.23. The summed E-state index contributed by atoms with van der Waals surface area (Å²) < 4.78 is 77.8. The SMILES string of the molecule is Nc1cc(Cl)c(OC(F)(F)C(F)C(F)(F)F)cc1Cl. The van der Waals surface area contributed by atoms with Gasteiger partial charge in [0.25, 0.3) is 6.17 Å². The first kappa shape index (κ1) is 16.0. The Morgan fingerprint density at radius 3 is 2.05 bits per heavy atom. The predicted octanol–water partition coefficient (Wildman–Crippen LogP) is 4.45. The van der Waals surface area contributed by atoms with Gasteiger partial charge in [-0.25, -0.2) is 4.39 Å². The second kappa shape index (κ2) is 5.16. The van der Waals surface area contributed by atoms with Gasteiger partial charge in [-0.1, -0.05) is 23.2 Å². The van der Waals surface area contributed by atoms with Gasteiger partial charge in [0, 0.05) is 6.07 Å². The van der Waals surface area contributed by atoms with Gasteiger partial charge in [0.05, 0.1) is 15.7 Å². The molecule has 0 aliphatic heterocycles. The van der Waals surface area contributed by atoms with E-state index in [9.17, 15) is 26.3 Å². The van der Waals surface area contributed by atoms with Crippen molar-refractivity contribution < 1.29 is 31.1 Å². The number of anilines is 1. The monoisotopic (exact) mass is 327 g/mol. The molecule has 1 aromatic carbocycles. The molecule has 0 heterocycles. The molecule has 2 N–H and O–H groups in total. The molecule has 19 heavy (non-hydrogen) atoms. The zero-order valence-corrected chi connectivity index (χ0v) is 10.3. The summed E-state index contributed by atoms with van der Waals surface area (Å²) in [6.07, 6.45) is -15.4. The topological polar surface area (TPSA) is 35.2 Å². The maximum Gasteiger partial charge on any atom is 0.439 e. The van der Waals surface area contributed by atoms with Crippen molar-refractivity contribution in [3.8, 4) is 5.75 Å². The first-order valence-electron chi connectivity index (χ1n) is 4.47. The molecule has 0 saturated heterocycles.